The average molecular weight is 314 g/mol. The van der Waals surface area contributed by atoms with E-state index in [-0.39, 0.29) is 0 Å². The van der Waals surface area contributed by atoms with Crippen LogP contribution in [-0.4, -0.2) is 30.7 Å². The first-order valence-electron chi connectivity index (χ1n) is 7.84. The number of rotatable bonds is 7. The van der Waals surface area contributed by atoms with E-state index < -0.39 is 0 Å². The Hall–Kier alpha value is -2.50. The Kier molecular flexibility index (Phi) is 4.50. The van der Waals surface area contributed by atoms with Gasteiger partial charge in [0.05, 0.1) is 19.9 Å². The van der Waals surface area contributed by atoms with Crippen LogP contribution in [0.5, 0.6) is 11.5 Å². The minimum atomic E-state index is 0.566. The molecule has 0 unspecified atom stereocenters. The monoisotopic (exact) mass is 314 g/mol. The molecule has 1 heterocycles. The first-order chi connectivity index (χ1) is 11.2. The molecule has 0 saturated heterocycles. The van der Waals surface area contributed by atoms with E-state index in [4.69, 9.17) is 9.47 Å². The average Bonchev–Trinajstić information content (AvgIpc) is 3.39. The van der Waals surface area contributed by atoms with Gasteiger partial charge in [-0.2, -0.15) is 4.98 Å². The van der Waals surface area contributed by atoms with Crippen LogP contribution in [-0.2, 0) is 0 Å². The van der Waals surface area contributed by atoms with E-state index in [2.05, 4.69) is 20.6 Å². The Labute approximate surface area is 136 Å². The largest absolute Gasteiger partial charge is 0.497 e. The third-order valence-electron chi connectivity index (χ3n) is 3.70. The highest BCUT2D eigenvalue weighted by atomic mass is 16.5. The number of nitrogens with zero attached hydrogens (tertiary/aromatic N) is 2. The van der Waals surface area contributed by atoms with Crippen LogP contribution in [0.1, 0.15) is 31.4 Å². The van der Waals surface area contributed by atoms with Gasteiger partial charge in [0, 0.05) is 42.4 Å². The Bertz CT molecular complexity index is 664. The first kappa shape index (κ1) is 15.4. The predicted octanol–water partition coefficient (Wildman–Crippen LogP) is 3.55. The van der Waals surface area contributed by atoms with Gasteiger partial charge in [-0.25, -0.2) is 4.98 Å². The summed E-state index contributed by atoms with van der Waals surface area (Å²) in [5.41, 5.74) is 1.96. The molecule has 1 aliphatic carbocycles. The number of methoxy groups -OCH3 is 2. The maximum atomic E-state index is 5.30. The van der Waals surface area contributed by atoms with Crippen LogP contribution in [0.3, 0.4) is 0 Å². The Balaban J connectivity index is 1.89. The fraction of sp³-hybridized carbons (Fsp3) is 0.412. The number of hydrogen-bond acceptors (Lipinski definition) is 6. The number of aromatic nitrogens is 2. The lowest BCUT2D eigenvalue weighted by Crippen LogP contribution is -2.06. The zero-order valence-electron chi connectivity index (χ0n) is 13.7. The molecule has 0 aliphatic heterocycles. The minimum absolute atomic E-state index is 0.566. The molecule has 6 heteroatoms. The summed E-state index contributed by atoms with van der Waals surface area (Å²) in [5, 5.41) is 6.51. The molecule has 1 aliphatic rings. The number of ether oxygens (including phenoxy) is 2. The van der Waals surface area contributed by atoms with Crippen molar-refractivity contribution in [1.29, 1.82) is 0 Å². The van der Waals surface area contributed by atoms with E-state index in [1.165, 1.54) is 12.8 Å². The fourth-order valence-electron chi connectivity index (χ4n) is 2.38. The number of hydrogen-bond donors (Lipinski definition) is 2. The second kappa shape index (κ2) is 6.73. The second-order valence-corrected chi connectivity index (χ2v) is 5.53. The van der Waals surface area contributed by atoms with Gasteiger partial charge in [-0.1, -0.05) is 0 Å². The molecule has 122 valence electrons. The lowest BCUT2D eigenvalue weighted by Gasteiger charge is -2.12. The van der Waals surface area contributed by atoms with Gasteiger partial charge in [-0.15, -0.1) is 0 Å². The summed E-state index contributed by atoms with van der Waals surface area (Å²) in [5.74, 6) is 3.46. The molecule has 0 spiro atoms. The maximum Gasteiger partial charge on any atom is 0.224 e. The van der Waals surface area contributed by atoms with E-state index in [1.807, 2.05) is 31.2 Å². The number of nitrogens with one attached hydrogen (secondary N) is 2. The van der Waals surface area contributed by atoms with Crippen LogP contribution in [0.2, 0.25) is 0 Å². The molecule has 23 heavy (non-hydrogen) atoms. The van der Waals surface area contributed by atoms with Crippen molar-refractivity contribution in [3.05, 3.63) is 30.0 Å². The molecule has 1 saturated carbocycles. The summed E-state index contributed by atoms with van der Waals surface area (Å²) >= 11 is 0. The highest BCUT2D eigenvalue weighted by molar-refractivity contribution is 5.62. The predicted molar refractivity (Wildman–Crippen MR) is 91.0 cm³/mol. The zero-order valence-corrected chi connectivity index (χ0v) is 13.7. The highest BCUT2D eigenvalue weighted by Gasteiger charge is 2.26. The van der Waals surface area contributed by atoms with Crippen molar-refractivity contribution in [3.8, 4) is 11.5 Å². The van der Waals surface area contributed by atoms with Crippen LogP contribution in [0, 0.1) is 0 Å². The summed E-state index contributed by atoms with van der Waals surface area (Å²) in [6, 6.07) is 7.68. The molecule has 1 aromatic carbocycles. The van der Waals surface area contributed by atoms with Gasteiger partial charge >= 0.3 is 0 Å². The van der Waals surface area contributed by atoms with Gasteiger partial charge < -0.3 is 20.1 Å². The molecule has 0 atom stereocenters. The highest BCUT2D eigenvalue weighted by Crippen LogP contribution is 2.40. The molecule has 2 aromatic rings. The molecule has 6 nitrogen and oxygen atoms in total. The summed E-state index contributed by atoms with van der Waals surface area (Å²) in [6.07, 6.45) is 2.41. The van der Waals surface area contributed by atoms with Crippen LogP contribution < -0.4 is 20.1 Å². The normalized spacial score (nSPS) is 13.5. The first-order valence-corrected chi connectivity index (χ1v) is 7.84. The molecule has 2 N–H and O–H groups in total. The van der Waals surface area contributed by atoms with Crippen molar-refractivity contribution in [2.45, 2.75) is 25.7 Å². The van der Waals surface area contributed by atoms with E-state index in [1.54, 1.807) is 14.2 Å². The fourth-order valence-corrected chi connectivity index (χ4v) is 2.38. The standard InChI is InChI=1S/C17H22N4O2/c1-4-18-17-20-15(11-5-6-11)10-16(21-17)19-12-7-13(22-2)9-14(8-12)23-3/h7-11H,4-6H2,1-3H3,(H2,18,19,20,21). The van der Waals surface area contributed by atoms with Crippen molar-refractivity contribution < 1.29 is 9.47 Å². The summed E-state index contributed by atoms with van der Waals surface area (Å²) in [7, 11) is 3.27. The minimum Gasteiger partial charge on any atom is -0.497 e. The molecular formula is C17H22N4O2. The van der Waals surface area contributed by atoms with Gasteiger partial charge in [0.1, 0.15) is 17.3 Å². The van der Waals surface area contributed by atoms with Crippen molar-refractivity contribution in [3.63, 3.8) is 0 Å². The Morgan fingerprint density at radius 3 is 2.30 bits per heavy atom. The SMILES string of the molecule is CCNc1nc(Nc2cc(OC)cc(OC)c2)cc(C2CC2)n1. The summed E-state index contributed by atoms with van der Waals surface area (Å²) < 4.78 is 10.6. The maximum absolute atomic E-state index is 5.30. The molecular weight excluding hydrogens is 292 g/mol. The number of benzene rings is 1. The van der Waals surface area contributed by atoms with Crippen molar-refractivity contribution in [2.75, 3.05) is 31.4 Å². The van der Waals surface area contributed by atoms with Gasteiger partial charge in [-0.05, 0) is 19.8 Å². The van der Waals surface area contributed by atoms with Gasteiger partial charge in [0.25, 0.3) is 0 Å². The van der Waals surface area contributed by atoms with Crippen LogP contribution in [0.4, 0.5) is 17.5 Å². The van der Waals surface area contributed by atoms with Crippen molar-refractivity contribution >= 4 is 17.5 Å². The number of anilines is 3. The smallest absolute Gasteiger partial charge is 0.224 e. The topological polar surface area (TPSA) is 68.3 Å². The van der Waals surface area contributed by atoms with Gasteiger partial charge in [0.15, 0.2) is 0 Å². The van der Waals surface area contributed by atoms with Gasteiger partial charge in [-0.3, -0.25) is 0 Å². The zero-order chi connectivity index (χ0) is 16.2. The third-order valence-corrected chi connectivity index (χ3v) is 3.70. The molecule has 1 aromatic heterocycles. The van der Waals surface area contributed by atoms with Gasteiger partial charge in [0.2, 0.25) is 5.95 Å². The van der Waals surface area contributed by atoms with E-state index >= 15 is 0 Å². The van der Waals surface area contributed by atoms with E-state index in [0.717, 1.165) is 35.2 Å². The molecule has 0 radical (unpaired) electrons. The third kappa shape index (κ3) is 3.83. The van der Waals surface area contributed by atoms with Crippen LogP contribution in [0.25, 0.3) is 0 Å². The second-order valence-electron chi connectivity index (χ2n) is 5.53. The van der Waals surface area contributed by atoms with Crippen LogP contribution >= 0.6 is 0 Å². The molecule has 1 fully saturated rings. The quantitative estimate of drug-likeness (QED) is 0.814. The molecule has 0 amide bonds. The molecule has 0 bridgehead atoms. The summed E-state index contributed by atoms with van der Waals surface area (Å²) in [6.45, 7) is 2.83. The lowest BCUT2D eigenvalue weighted by atomic mass is 10.2. The van der Waals surface area contributed by atoms with E-state index in [0.29, 0.717) is 11.9 Å². The Morgan fingerprint density at radius 1 is 1.04 bits per heavy atom. The summed E-state index contributed by atoms with van der Waals surface area (Å²) in [4.78, 5) is 9.11. The van der Waals surface area contributed by atoms with Crippen molar-refractivity contribution in [2.24, 2.45) is 0 Å². The lowest BCUT2D eigenvalue weighted by molar-refractivity contribution is 0.395. The van der Waals surface area contributed by atoms with Crippen molar-refractivity contribution in [1.82, 2.24) is 9.97 Å². The van der Waals surface area contributed by atoms with E-state index in [9.17, 15) is 0 Å². The Morgan fingerprint density at radius 2 is 1.74 bits per heavy atom. The van der Waals surface area contributed by atoms with Crippen LogP contribution in [0.15, 0.2) is 24.3 Å². The molecule has 3 rings (SSSR count).